The number of hydrogen-bond donors (Lipinski definition) is 1. The van der Waals surface area contributed by atoms with E-state index in [0.29, 0.717) is 11.7 Å². The highest BCUT2D eigenvalue weighted by molar-refractivity contribution is 7.99. The SMILES string of the molecule is CC(c1nnc(SCC(=O)NCc2cccs2)n1-c1ccc(F)cc1)N(C)C. The fraction of sp³-hybridized carbons (Fsp3) is 0.316. The molecule has 0 fully saturated rings. The number of nitrogens with one attached hydrogen (secondary N) is 1. The number of thioether (sulfide) groups is 1. The Morgan fingerprint density at radius 1 is 1.29 bits per heavy atom. The van der Waals surface area contributed by atoms with Gasteiger partial charge in [0.05, 0.1) is 18.3 Å². The summed E-state index contributed by atoms with van der Waals surface area (Å²) in [6.07, 6.45) is 0. The summed E-state index contributed by atoms with van der Waals surface area (Å²) in [5.41, 5.74) is 0.761. The highest BCUT2D eigenvalue weighted by Gasteiger charge is 2.21. The number of benzene rings is 1. The van der Waals surface area contributed by atoms with Gasteiger partial charge in [-0.3, -0.25) is 14.3 Å². The minimum Gasteiger partial charge on any atom is -0.350 e. The molecule has 0 saturated heterocycles. The van der Waals surface area contributed by atoms with Crippen molar-refractivity contribution in [1.82, 2.24) is 25.0 Å². The summed E-state index contributed by atoms with van der Waals surface area (Å²) < 4.78 is 15.2. The quantitative estimate of drug-likeness (QED) is 0.566. The van der Waals surface area contributed by atoms with Crippen LogP contribution in [0, 0.1) is 5.82 Å². The zero-order valence-corrected chi connectivity index (χ0v) is 17.6. The first kappa shape index (κ1) is 20.5. The molecule has 28 heavy (non-hydrogen) atoms. The second-order valence-electron chi connectivity index (χ2n) is 6.44. The molecule has 0 aliphatic heterocycles. The summed E-state index contributed by atoms with van der Waals surface area (Å²) in [5.74, 6) is 0.578. The molecule has 148 valence electrons. The van der Waals surface area contributed by atoms with Crippen LogP contribution in [0.5, 0.6) is 0 Å². The van der Waals surface area contributed by atoms with E-state index in [0.717, 1.165) is 16.4 Å². The first-order valence-electron chi connectivity index (χ1n) is 8.75. The van der Waals surface area contributed by atoms with Crippen LogP contribution in [0.4, 0.5) is 4.39 Å². The van der Waals surface area contributed by atoms with Gasteiger partial charge < -0.3 is 5.32 Å². The van der Waals surface area contributed by atoms with Crippen LogP contribution in [0.2, 0.25) is 0 Å². The first-order chi connectivity index (χ1) is 13.5. The lowest BCUT2D eigenvalue weighted by Gasteiger charge is -2.20. The summed E-state index contributed by atoms with van der Waals surface area (Å²) in [7, 11) is 3.92. The fourth-order valence-electron chi connectivity index (χ4n) is 2.49. The zero-order chi connectivity index (χ0) is 20.1. The molecule has 0 saturated carbocycles. The molecular weight excluding hydrogens is 397 g/mol. The highest BCUT2D eigenvalue weighted by atomic mass is 32.2. The average Bonchev–Trinajstić information content (AvgIpc) is 3.34. The normalized spacial score (nSPS) is 12.3. The number of rotatable bonds is 8. The Labute approximate surface area is 171 Å². The van der Waals surface area contributed by atoms with Crippen LogP contribution in [-0.4, -0.2) is 45.4 Å². The van der Waals surface area contributed by atoms with E-state index in [2.05, 4.69) is 15.5 Å². The standard InChI is InChI=1S/C19H22FN5OS2/c1-13(24(2)3)18-22-23-19(25(18)15-8-6-14(20)7-9-15)28-12-17(26)21-11-16-5-4-10-27-16/h4-10,13H,11-12H2,1-3H3,(H,21,26). The molecule has 0 aliphatic carbocycles. The average molecular weight is 420 g/mol. The molecule has 0 radical (unpaired) electrons. The van der Waals surface area contributed by atoms with E-state index in [-0.39, 0.29) is 23.5 Å². The van der Waals surface area contributed by atoms with Gasteiger partial charge in [0.1, 0.15) is 5.82 Å². The number of amides is 1. The smallest absolute Gasteiger partial charge is 0.230 e. The van der Waals surface area contributed by atoms with E-state index in [1.54, 1.807) is 23.5 Å². The van der Waals surface area contributed by atoms with Crippen LogP contribution < -0.4 is 5.32 Å². The topological polar surface area (TPSA) is 63.1 Å². The summed E-state index contributed by atoms with van der Waals surface area (Å²) in [4.78, 5) is 15.3. The van der Waals surface area contributed by atoms with E-state index in [1.807, 2.05) is 48.0 Å². The summed E-state index contributed by atoms with van der Waals surface area (Å²) in [6.45, 7) is 2.54. The number of thiophene rings is 1. The monoisotopic (exact) mass is 419 g/mol. The minimum absolute atomic E-state index is 0.000409. The number of carbonyl (C=O) groups excluding carboxylic acids is 1. The van der Waals surface area contributed by atoms with Gasteiger partial charge in [-0.2, -0.15) is 0 Å². The molecule has 1 aromatic carbocycles. The maximum Gasteiger partial charge on any atom is 0.230 e. The summed E-state index contributed by atoms with van der Waals surface area (Å²) in [6, 6.07) is 10.1. The molecule has 1 atom stereocenters. The van der Waals surface area contributed by atoms with Crippen molar-refractivity contribution in [2.45, 2.75) is 24.7 Å². The predicted molar refractivity (Wildman–Crippen MR) is 110 cm³/mol. The summed E-state index contributed by atoms with van der Waals surface area (Å²) >= 11 is 2.92. The van der Waals surface area contributed by atoms with Crippen LogP contribution in [0.15, 0.2) is 46.9 Å². The number of hydrogen-bond acceptors (Lipinski definition) is 6. The third kappa shape index (κ3) is 4.98. The molecule has 2 aromatic heterocycles. The van der Waals surface area contributed by atoms with Crippen LogP contribution in [-0.2, 0) is 11.3 Å². The molecule has 0 aliphatic rings. The van der Waals surface area contributed by atoms with Crippen LogP contribution >= 0.6 is 23.1 Å². The van der Waals surface area contributed by atoms with Gasteiger partial charge in [-0.1, -0.05) is 17.8 Å². The van der Waals surface area contributed by atoms with Crippen molar-refractivity contribution >= 4 is 29.0 Å². The van der Waals surface area contributed by atoms with Gasteiger partial charge in [-0.05, 0) is 56.7 Å². The Hall–Kier alpha value is -2.23. The largest absolute Gasteiger partial charge is 0.350 e. The number of nitrogens with zero attached hydrogens (tertiary/aromatic N) is 4. The van der Waals surface area contributed by atoms with E-state index in [4.69, 9.17) is 0 Å². The second kappa shape index (κ2) is 9.31. The van der Waals surface area contributed by atoms with Crippen LogP contribution in [0.3, 0.4) is 0 Å². The third-order valence-corrected chi connectivity index (χ3v) is 6.07. The summed E-state index contributed by atoms with van der Waals surface area (Å²) in [5, 5.41) is 14.1. The molecule has 3 rings (SSSR count). The van der Waals surface area contributed by atoms with Crippen molar-refractivity contribution in [2.24, 2.45) is 0 Å². The molecule has 9 heteroatoms. The molecule has 1 amide bonds. The van der Waals surface area contributed by atoms with Gasteiger partial charge in [-0.15, -0.1) is 21.5 Å². The predicted octanol–water partition coefficient (Wildman–Crippen LogP) is 3.50. The Kier molecular flexibility index (Phi) is 6.82. The highest BCUT2D eigenvalue weighted by Crippen LogP contribution is 2.26. The van der Waals surface area contributed by atoms with Gasteiger partial charge in [0.15, 0.2) is 11.0 Å². The van der Waals surface area contributed by atoms with Crippen LogP contribution in [0.25, 0.3) is 5.69 Å². The fourth-order valence-corrected chi connectivity index (χ4v) is 3.92. The number of aromatic nitrogens is 3. The molecule has 0 bridgehead atoms. The van der Waals surface area contributed by atoms with Crippen molar-refractivity contribution in [2.75, 3.05) is 19.8 Å². The van der Waals surface area contributed by atoms with E-state index in [1.165, 1.54) is 23.9 Å². The minimum atomic E-state index is -0.304. The molecule has 6 nitrogen and oxygen atoms in total. The van der Waals surface area contributed by atoms with Crippen molar-refractivity contribution < 1.29 is 9.18 Å². The van der Waals surface area contributed by atoms with E-state index >= 15 is 0 Å². The Morgan fingerprint density at radius 3 is 2.68 bits per heavy atom. The first-order valence-corrected chi connectivity index (χ1v) is 10.6. The van der Waals surface area contributed by atoms with Crippen molar-refractivity contribution in [3.05, 3.63) is 58.3 Å². The molecule has 1 N–H and O–H groups in total. The lowest BCUT2D eigenvalue weighted by molar-refractivity contribution is -0.118. The zero-order valence-electron chi connectivity index (χ0n) is 15.9. The molecule has 1 unspecified atom stereocenters. The van der Waals surface area contributed by atoms with Gasteiger partial charge in [-0.25, -0.2) is 4.39 Å². The van der Waals surface area contributed by atoms with Gasteiger partial charge >= 0.3 is 0 Å². The van der Waals surface area contributed by atoms with Crippen molar-refractivity contribution in [3.8, 4) is 5.69 Å². The molecule has 0 spiro atoms. The lowest BCUT2D eigenvalue weighted by atomic mass is 10.2. The van der Waals surface area contributed by atoms with Crippen LogP contribution in [0.1, 0.15) is 23.7 Å². The lowest BCUT2D eigenvalue weighted by Crippen LogP contribution is -2.24. The van der Waals surface area contributed by atoms with Crippen molar-refractivity contribution in [3.63, 3.8) is 0 Å². The molecular formula is C19H22FN5OS2. The number of carbonyl (C=O) groups is 1. The molecule has 2 heterocycles. The maximum absolute atomic E-state index is 13.4. The van der Waals surface area contributed by atoms with Crippen molar-refractivity contribution in [1.29, 1.82) is 0 Å². The molecule has 3 aromatic rings. The van der Waals surface area contributed by atoms with E-state index in [9.17, 15) is 9.18 Å². The Balaban J connectivity index is 1.76. The Morgan fingerprint density at radius 2 is 2.04 bits per heavy atom. The Bertz CT molecular complexity index is 909. The maximum atomic E-state index is 13.4. The van der Waals surface area contributed by atoms with Gasteiger partial charge in [0.2, 0.25) is 5.91 Å². The van der Waals surface area contributed by atoms with Gasteiger partial charge in [0.25, 0.3) is 0 Å². The second-order valence-corrected chi connectivity index (χ2v) is 8.41. The third-order valence-electron chi connectivity index (χ3n) is 4.26. The van der Waals surface area contributed by atoms with Gasteiger partial charge in [0, 0.05) is 10.6 Å². The number of halogens is 1. The van der Waals surface area contributed by atoms with E-state index < -0.39 is 0 Å².